The van der Waals surface area contributed by atoms with Gasteiger partial charge in [-0.25, -0.2) is 4.79 Å². The van der Waals surface area contributed by atoms with Gasteiger partial charge in [-0.1, -0.05) is 27.5 Å². The van der Waals surface area contributed by atoms with Crippen molar-refractivity contribution in [1.29, 1.82) is 0 Å². The summed E-state index contributed by atoms with van der Waals surface area (Å²) in [6.07, 6.45) is 6.04. The zero-order valence-electron chi connectivity index (χ0n) is 18.6. The van der Waals surface area contributed by atoms with Crippen molar-refractivity contribution in [3.8, 4) is 11.5 Å². The second kappa shape index (κ2) is 10.5. The molecular weight excluding hydrogens is 400 g/mol. The monoisotopic (exact) mass is 428 g/mol. The molecule has 8 nitrogen and oxygen atoms in total. The minimum absolute atomic E-state index is 0.191. The number of oxime groups is 2. The van der Waals surface area contributed by atoms with E-state index in [1.165, 1.54) is 32.4 Å². The number of hydrogen-bond donors (Lipinski definition) is 2. The van der Waals surface area contributed by atoms with Crippen LogP contribution in [0.2, 0.25) is 0 Å². The van der Waals surface area contributed by atoms with Crippen molar-refractivity contribution < 1.29 is 29.4 Å². The Hall–Kier alpha value is -3.55. The summed E-state index contributed by atoms with van der Waals surface area (Å²) in [5.41, 5.74) is 3.57. The number of hydrogen-bond acceptors (Lipinski definition) is 8. The van der Waals surface area contributed by atoms with Crippen LogP contribution in [-0.4, -0.2) is 42.0 Å². The van der Waals surface area contributed by atoms with Gasteiger partial charge in [0.15, 0.2) is 0 Å². The fraction of sp³-hybridized carbons (Fsp3) is 0.348. The Morgan fingerprint density at radius 3 is 2.10 bits per heavy atom. The molecule has 0 saturated heterocycles. The standard InChI is InChI=1S/C23H28N2O6/c1-13(2)7-10-18(31-20(26)11-14(3)4)15-12-19(29-5)21-16(24-27)8-9-17(25-28)22(21)23(15)30-6/h7-9,11-12,18,27-28H,10H2,1-6H3/b24-16+,25-17+/t18-/m1/s1. The molecule has 0 bridgehead atoms. The van der Waals surface area contributed by atoms with Gasteiger partial charge in [-0.2, -0.15) is 0 Å². The van der Waals surface area contributed by atoms with E-state index in [0.29, 0.717) is 34.6 Å². The van der Waals surface area contributed by atoms with Gasteiger partial charge in [-0.3, -0.25) is 0 Å². The van der Waals surface area contributed by atoms with Crippen molar-refractivity contribution in [2.45, 2.75) is 40.2 Å². The molecule has 0 heterocycles. The van der Waals surface area contributed by atoms with Gasteiger partial charge in [0.1, 0.15) is 29.0 Å². The number of allylic oxidation sites excluding steroid dienone is 4. The number of ether oxygens (including phenoxy) is 3. The summed E-state index contributed by atoms with van der Waals surface area (Å²) in [6.45, 7) is 7.51. The number of carbonyl (C=O) groups is 1. The fourth-order valence-electron chi connectivity index (χ4n) is 3.26. The van der Waals surface area contributed by atoms with E-state index >= 15 is 0 Å². The van der Waals surface area contributed by atoms with Crippen molar-refractivity contribution in [1.82, 2.24) is 0 Å². The van der Waals surface area contributed by atoms with Crippen LogP contribution in [0.3, 0.4) is 0 Å². The fourth-order valence-corrected chi connectivity index (χ4v) is 3.26. The minimum Gasteiger partial charge on any atom is -0.496 e. The lowest BCUT2D eigenvalue weighted by Gasteiger charge is -2.25. The second-order valence-electron chi connectivity index (χ2n) is 7.42. The van der Waals surface area contributed by atoms with E-state index < -0.39 is 12.1 Å². The zero-order valence-corrected chi connectivity index (χ0v) is 18.6. The number of fused-ring (bicyclic) bond motifs is 1. The predicted octanol–water partition coefficient (Wildman–Crippen LogP) is 4.54. The van der Waals surface area contributed by atoms with Gasteiger partial charge in [0.25, 0.3) is 0 Å². The Kier molecular flexibility index (Phi) is 8.01. The Bertz CT molecular complexity index is 994. The summed E-state index contributed by atoms with van der Waals surface area (Å²) < 4.78 is 17.0. The molecule has 0 saturated carbocycles. The predicted molar refractivity (Wildman–Crippen MR) is 118 cm³/mol. The molecule has 31 heavy (non-hydrogen) atoms. The molecule has 0 radical (unpaired) electrons. The van der Waals surface area contributed by atoms with Gasteiger partial charge < -0.3 is 24.6 Å². The van der Waals surface area contributed by atoms with Gasteiger partial charge in [0, 0.05) is 18.1 Å². The number of nitrogens with zero attached hydrogens (tertiary/aromatic N) is 2. The van der Waals surface area contributed by atoms with E-state index in [1.54, 1.807) is 19.9 Å². The molecule has 1 aliphatic carbocycles. The minimum atomic E-state index is -0.701. The van der Waals surface area contributed by atoms with Crippen LogP contribution < -0.4 is 9.47 Å². The van der Waals surface area contributed by atoms with E-state index in [-0.39, 0.29) is 11.4 Å². The van der Waals surface area contributed by atoms with Crippen molar-refractivity contribution >= 4 is 17.4 Å². The molecule has 1 aliphatic rings. The van der Waals surface area contributed by atoms with Gasteiger partial charge in [0.05, 0.1) is 25.3 Å². The topological polar surface area (TPSA) is 110 Å². The third-order valence-corrected chi connectivity index (χ3v) is 4.58. The van der Waals surface area contributed by atoms with E-state index in [2.05, 4.69) is 10.3 Å². The molecule has 0 aliphatic heterocycles. The van der Waals surface area contributed by atoms with Crippen molar-refractivity contribution in [2.24, 2.45) is 10.3 Å². The third kappa shape index (κ3) is 5.33. The summed E-state index contributed by atoms with van der Waals surface area (Å²) in [5.74, 6) is 0.190. The van der Waals surface area contributed by atoms with Gasteiger partial charge in [0.2, 0.25) is 0 Å². The lowest BCUT2D eigenvalue weighted by atomic mass is 9.88. The van der Waals surface area contributed by atoms with E-state index in [1.807, 2.05) is 19.9 Å². The molecule has 1 atom stereocenters. The molecule has 1 aromatic carbocycles. The highest BCUT2D eigenvalue weighted by Gasteiger charge is 2.31. The molecule has 0 amide bonds. The van der Waals surface area contributed by atoms with Crippen LogP contribution in [0.4, 0.5) is 0 Å². The van der Waals surface area contributed by atoms with Crippen LogP contribution in [0.5, 0.6) is 11.5 Å². The van der Waals surface area contributed by atoms with Gasteiger partial charge >= 0.3 is 5.97 Å². The van der Waals surface area contributed by atoms with Crippen LogP contribution in [-0.2, 0) is 9.53 Å². The van der Waals surface area contributed by atoms with Crippen LogP contribution in [0.15, 0.2) is 51.8 Å². The summed E-state index contributed by atoms with van der Waals surface area (Å²) >= 11 is 0. The Balaban J connectivity index is 2.79. The van der Waals surface area contributed by atoms with Crippen molar-refractivity contribution in [3.63, 3.8) is 0 Å². The molecule has 1 aromatic rings. The highest BCUT2D eigenvalue weighted by Crippen LogP contribution is 2.42. The first-order valence-corrected chi connectivity index (χ1v) is 9.68. The largest absolute Gasteiger partial charge is 0.496 e. The van der Waals surface area contributed by atoms with Crippen LogP contribution in [0.1, 0.15) is 56.9 Å². The lowest BCUT2D eigenvalue weighted by molar-refractivity contribution is -0.143. The summed E-state index contributed by atoms with van der Waals surface area (Å²) in [6, 6.07) is 1.68. The summed E-state index contributed by atoms with van der Waals surface area (Å²) in [7, 11) is 2.93. The van der Waals surface area contributed by atoms with Crippen LogP contribution >= 0.6 is 0 Å². The quantitative estimate of drug-likeness (QED) is 0.217. The Labute approximate surface area is 181 Å². The molecule has 0 unspecified atom stereocenters. The first-order chi connectivity index (χ1) is 14.8. The molecule has 8 heteroatoms. The molecule has 0 spiro atoms. The van der Waals surface area contributed by atoms with Crippen LogP contribution in [0, 0.1) is 0 Å². The number of carbonyl (C=O) groups excluding carboxylic acids is 1. The maximum absolute atomic E-state index is 12.4. The third-order valence-electron chi connectivity index (χ3n) is 4.58. The summed E-state index contributed by atoms with van der Waals surface area (Å²) in [4.78, 5) is 12.4. The van der Waals surface area contributed by atoms with E-state index in [4.69, 9.17) is 14.2 Å². The Morgan fingerprint density at radius 2 is 1.61 bits per heavy atom. The number of methoxy groups -OCH3 is 2. The highest BCUT2D eigenvalue weighted by atomic mass is 16.5. The molecular formula is C23H28N2O6. The van der Waals surface area contributed by atoms with E-state index in [9.17, 15) is 15.2 Å². The number of esters is 1. The molecule has 0 aromatic heterocycles. The van der Waals surface area contributed by atoms with Crippen molar-refractivity contribution in [2.75, 3.05) is 14.2 Å². The summed E-state index contributed by atoms with van der Waals surface area (Å²) in [5, 5.41) is 25.7. The molecule has 0 fully saturated rings. The average Bonchev–Trinajstić information content (AvgIpc) is 2.73. The highest BCUT2D eigenvalue weighted by molar-refractivity contribution is 6.27. The zero-order chi connectivity index (χ0) is 23.1. The van der Waals surface area contributed by atoms with Crippen LogP contribution in [0.25, 0.3) is 0 Å². The Morgan fingerprint density at radius 1 is 1.00 bits per heavy atom. The number of benzene rings is 1. The number of rotatable bonds is 7. The molecule has 2 rings (SSSR count). The molecule has 166 valence electrons. The lowest BCUT2D eigenvalue weighted by Crippen LogP contribution is -2.19. The smallest absolute Gasteiger partial charge is 0.331 e. The average molecular weight is 428 g/mol. The van der Waals surface area contributed by atoms with Gasteiger partial charge in [-0.05, 0) is 45.9 Å². The second-order valence-corrected chi connectivity index (χ2v) is 7.42. The maximum atomic E-state index is 12.4. The first kappa shape index (κ1) is 23.7. The SMILES string of the molecule is COc1cc([C@@H](CC=C(C)C)OC(=O)C=C(C)C)c(OC)c2c1/C(=N/O)C=C/C2=N\O. The molecule has 2 N–H and O–H groups in total. The normalized spacial score (nSPS) is 15.8. The van der Waals surface area contributed by atoms with E-state index in [0.717, 1.165) is 11.1 Å². The van der Waals surface area contributed by atoms with Gasteiger partial charge in [-0.15, -0.1) is 0 Å². The first-order valence-electron chi connectivity index (χ1n) is 9.68. The van der Waals surface area contributed by atoms with Crippen molar-refractivity contribution in [3.05, 3.63) is 58.2 Å². The maximum Gasteiger partial charge on any atom is 0.331 e.